The molecule has 1 saturated heterocycles. The van der Waals surface area contributed by atoms with Crippen LogP contribution >= 0.6 is 11.3 Å². The number of nitrogens with one attached hydrogen (secondary N) is 2. The first kappa shape index (κ1) is 17.9. The lowest BCUT2D eigenvalue weighted by atomic mass is 9.99. The second kappa shape index (κ2) is 8.02. The third kappa shape index (κ3) is 4.09. The van der Waals surface area contributed by atoms with Gasteiger partial charge in [0.1, 0.15) is 10.7 Å². The molecule has 27 heavy (non-hydrogen) atoms. The minimum absolute atomic E-state index is 0.249. The summed E-state index contributed by atoms with van der Waals surface area (Å²) >= 11 is 1.47. The normalized spacial score (nSPS) is 17.0. The highest BCUT2D eigenvalue weighted by molar-refractivity contribution is 7.13. The minimum Gasteiger partial charge on any atom is -0.381 e. The smallest absolute Gasteiger partial charge is 0.276 e. The van der Waals surface area contributed by atoms with Crippen LogP contribution in [0.15, 0.2) is 35.7 Å². The summed E-state index contributed by atoms with van der Waals surface area (Å²) in [6.45, 7) is 3.64. The Morgan fingerprint density at radius 1 is 1.37 bits per heavy atom. The molecule has 2 N–H and O–H groups in total. The van der Waals surface area contributed by atoms with Crippen LogP contribution in [0.5, 0.6) is 0 Å². The number of thiazole rings is 1. The van der Waals surface area contributed by atoms with Crippen LogP contribution in [0, 0.1) is 0 Å². The summed E-state index contributed by atoms with van der Waals surface area (Å²) in [4.78, 5) is 17.0. The topological polar surface area (TPSA) is 79.9 Å². The van der Waals surface area contributed by atoms with Crippen molar-refractivity contribution >= 4 is 23.1 Å². The number of H-pyrrole nitrogens is 1. The second-order valence-electron chi connectivity index (χ2n) is 6.67. The lowest BCUT2D eigenvalue weighted by Crippen LogP contribution is -2.15. The molecule has 1 fully saturated rings. The zero-order valence-corrected chi connectivity index (χ0v) is 16.0. The fourth-order valence-corrected chi connectivity index (χ4v) is 3.98. The Labute approximate surface area is 162 Å². The first-order chi connectivity index (χ1) is 13.2. The number of amides is 1. The van der Waals surface area contributed by atoms with E-state index in [-0.39, 0.29) is 5.91 Å². The Kier molecular flexibility index (Phi) is 5.31. The number of benzene rings is 1. The molecule has 1 aliphatic rings. The van der Waals surface area contributed by atoms with Crippen LogP contribution in [0.3, 0.4) is 0 Å². The number of hydrogen-bond acceptors (Lipinski definition) is 5. The molecular formula is C20H22N4O2S. The van der Waals surface area contributed by atoms with Gasteiger partial charge in [-0.3, -0.25) is 9.89 Å². The van der Waals surface area contributed by atoms with Crippen molar-refractivity contribution in [2.75, 3.05) is 18.5 Å². The van der Waals surface area contributed by atoms with E-state index in [1.165, 1.54) is 16.9 Å². The summed E-state index contributed by atoms with van der Waals surface area (Å²) in [5.74, 6) is 0.580. The van der Waals surface area contributed by atoms with Gasteiger partial charge < -0.3 is 10.1 Å². The van der Waals surface area contributed by atoms with Gasteiger partial charge in [-0.25, -0.2) is 4.98 Å². The standard InChI is InChI=1S/C20H22N4O2S/c1-2-13-5-7-14(8-6-13)20-21-17(12-27-20)19(25)22-18-10-16(23-24-18)15-4-3-9-26-11-15/h5-8,10,12,15H,2-4,9,11H2,1H3,(H2,22,23,24,25). The highest BCUT2D eigenvalue weighted by atomic mass is 32.1. The zero-order valence-electron chi connectivity index (χ0n) is 15.2. The van der Waals surface area contributed by atoms with Crippen LogP contribution in [0.4, 0.5) is 5.82 Å². The zero-order chi connectivity index (χ0) is 18.6. The number of nitrogens with zero attached hydrogens (tertiary/aromatic N) is 2. The van der Waals surface area contributed by atoms with Gasteiger partial charge in [-0.15, -0.1) is 11.3 Å². The van der Waals surface area contributed by atoms with Gasteiger partial charge in [0.15, 0.2) is 5.82 Å². The third-order valence-electron chi connectivity index (χ3n) is 4.79. The van der Waals surface area contributed by atoms with E-state index in [0.29, 0.717) is 24.0 Å². The van der Waals surface area contributed by atoms with Crippen LogP contribution in [0.1, 0.15) is 47.4 Å². The lowest BCUT2D eigenvalue weighted by Gasteiger charge is -2.20. The molecule has 0 radical (unpaired) electrons. The van der Waals surface area contributed by atoms with E-state index in [1.807, 2.05) is 18.2 Å². The number of rotatable bonds is 5. The van der Waals surface area contributed by atoms with Crippen molar-refractivity contribution in [1.29, 1.82) is 0 Å². The maximum atomic E-state index is 12.5. The second-order valence-corrected chi connectivity index (χ2v) is 7.52. The molecule has 1 aliphatic heterocycles. The Balaban J connectivity index is 1.42. The lowest BCUT2D eigenvalue weighted by molar-refractivity contribution is 0.0793. The number of hydrogen-bond donors (Lipinski definition) is 2. The Hall–Kier alpha value is -2.51. The van der Waals surface area contributed by atoms with E-state index in [0.717, 1.165) is 42.1 Å². The molecule has 3 aromatic rings. The Bertz CT molecular complexity index is 910. The van der Waals surface area contributed by atoms with E-state index in [1.54, 1.807) is 5.38 Å². The van der Waals surface area contributed by atoms with E-state index in [4.69, 9.17) is 4.74 Å². The van der Waals surface area contributed by atoms with Crippen LogP contribution in [0.25, 0.3) is 10.6 Å². The Morgan fingerprint density at radius 3 is 2.96 bits per heavy atom. The van der Waals surface area contributed by atoms with Gasteiger partial charge in [0.05, 0.1) is 6.61 Å². The van der Waals surface area contributed by atoms with Gasteiger partial charge >= 0.3 is 0 Å². The number of carbonyl (C=O) groups excluding carboxylic acids is 1. The quantitative estimate of drug-likeness (QED) is 0.692. The molecule has 1 atom stereocenters. The number of carbonyl (C=O) groups is 1. The van der Waals surface area contributed by atoms with Gasteiger partial charge in [-0.2, -0.15) is 5.10 Å². The van der Waals surface area contributed by atoms with Crippen molar-refractivity contribution in [2.24, 2.45) is 0 Å². The van der Waals surface area contributed by atoms with Gasteiger partial charge in [-0.05, 0) is 24.8 Å². The summed E-state index contributed by atoms with van der Waals surface area (Å²) < 4.78 is 5.51. The highest BCUT2D eigenvalue weighted by Crippen LogP contribution is 2.26. The Morgan fingerprint density at radius 2 is 2.22 bits per heavy atom. The third-order valence-corrected chi connectivity index (χ3v) is 5.68. The van der Waals surface area contributed by atoms with Crippen molar-refractivity contribution in [3.05, 3.63) is 52.7 Å². The van der Waals surface area contributed by atoms with Gasteiger partial charge in [0.2, 0.25) is 0 Å². The van der Waals surface area contributed by atoms with Crippen molar-refractivity contribution < 1.29 is 9.53 Å². The molecule has 3 heterocycles. The number of aromatic amines is 1. The molecular weight excluding hydrogens is 360 g/mol. The van der Waals surface area contributed by atoms with Crippen molar-refractivity contribution in [2.45, 2.75) is 32.1 Å². The summed E-state index contributed by atoms with van der Waals surface area (Å²) in [6, 6.07) is 10.2. The number of anilines is 1. The largest absolute Gasteiger partial charge is 0.381 e. The molecule has 0 aliphatic carbocycles. The van der Waals surface area contributed by atoms with E-state index >= 15 is 0 Å². The van der Waals surface area contributed by atoms with Crippen LogP contribution in [-0.4, -0.2) is 34.3 Å². The monoisotopic (exact) mass is 382 g/mol. The van der Waals surface area contributed by atoms with E-state index < -0.39 is 0 Å². The first-order valence-corrected chi connectivity index (χ1v) is 10.1. The number of aromatic nitrogens is 3. The molecule has 1 amide bonds. The molecule has 4 rings (SSSR count). The molecule has 7 heteroatoms. The van der Waals surface area contributed by atoms with E-state index in [9.17, 15) is 4.79 Å². The number of aryl methyl sites for hydroxylation is 1. The maximum absolute atomic E-state index is 12.5. The fraction of sp³-hybridized carbons (Fsp3) is 0.350. The summed E-state index contributed by atoms with van der Waals surface area (Å²) in [5, 5.41) is 12.7. The summed E-state index contributed by atoms with van der Waals surface area (Å²) in [6.07, 6.45) is 3.12. The predicted molar refractivity (Wildman–Crippen MR) is 106 cm³/mol. The molecule has 1 unspecified atom stereocenters. The molecule has 1 aromatic carbocycles. The summed E-state index contributed by atoms with van der Waals surface area (Å²) in [7, 11) is 0. The van der Waals surface area contributed by atoms with Crippen molar-refractivity contribution in [1.82, 2.24) is 15.2 Å². The maximum Gasteiger partial charge on any atom is 0.276 e. The average Bonchev–Trinajstić information content (AvgIpc) is 3.39. The van der Waals surface area contributed by atoms with Crippen molar-refractivity contribution in [3.8, 4) is 10.6 Å². The first-order valence-electron chi connectivity index (χ1n) is 9.22. The molecule has 0 saturated carbocycles. The summed E-state index contributed by atoms with van der Waals surface area (Å²) in [5.41, 5.74) is 3.71. The average molecular weight is 382 g/mol. The van der Waals surface area contributed by atoms with Crippen LogP contribution in [-0.2, 0) is 11.2 Å². The minimum atomic E-state index is -0.249. The molecule has 6 nitrogen and oxygen atoms in total. The fourth-order valence-electron chi connectivity index (χ4n) is 3.17. The van der Waals surface area contributed by atoms with E-state index in [2.05, 4.69) is 39.6 Å². The molecule has 0 bridgehead atoms. The van der Waals surface area contributed by atoms with Crippen LogP contribution < -0.4 is 5.32 Å². The molecule has 0 spiro atoms. The van der Waals surface area contributed by atoms with Crippen molar-refractivity contribution in [3.63, 3.8) is 0 Å². The van der Waals surface area contributed by atoms with Gasteiger partial charge in [0, 0.05) is 35.2 Å². The van der Waals surface area contributed by atoms with Gasteiger partial charge in [-0.1, -0.05) is 31.2 Å². The van der Waals surface area contributed by atoms with Crippen LogP contribution in [0.2, 0.25) is 0 Å². The van der Waals surface area contributed by atoms with Gasteiger partial charge in [0.25, 0.3) is 5.91 Å². The molecule has 140 valence electrons. The molecule has 2 aromatic heterocycles. The highest BCUT2D eigenvalue weighted by Gasteiger charge is 2.19. The predicted octanol–water partition coefficient (Wildman–Crippen LogP) is 4.24. The SMILES string of the molecule is CCc1ccc(-c2nc(C(=O)Nc3cc(C4CCCOC4)[nH]n3)cs2)cc1. The number of ether oxygens (including phenoxy) is 1.